The fourth-order valence-corrected chi connectivity index (χ4v) is 5.83. The van der Waals surface area contributed by atoms with E-state index in [9.17, 15) is 9.18 Å². The summed E-state index contributed by atoms with van der Waals surface area (Å²) in [6, 6.07) is 31.7. The maximum atomic E-state index is 13.2. The molecule has 0 aliphatic carbocycles. The van der Waals surface area contributed by atoms with E-state index in [2.05, 4.69) is 47.4 Å². The number of fused-ring (bicyclic) bond motifs is 2. The standard InChI is InChI=1S/C34H30FN5OS/c1-39(32-19-14-25-6-3-4-7-29(25)37-32)20-5-21-40(2)34-38-30-18-17-28(22-31(30)42-34)36-33(41)26-10-8-23(9-11-26)24-12-15-27(35)16-13-24/h3-4,6-19,22H,5,20-21H2,1-2H3,(H,36,41). The van der Waals surface area contributed by atoms with Gasteiger partial charge in [0.05, 0.1) is 15.7 Å². The molecule has 0 saturated heterocycles. The zero-order valence-corrected chi connectivity index (χ0v) is 24.2. The Kier molecular flexibility index (Phi) is 7.79. The van der Waals surface area contributed by atoms with E-state index in [-0.39, 0.29) is 11.7 Å². The smallest absolute Gasteiger partial charge is 0.255 e. The summed E-state index contributed by atoms with van der Waals surface area (Å²) < 4.78 is 14.2. The van der Waals surface area contributed by atoms with E-state index in [1.807, 2.05) is 48.5 Å². The number of anilines is 3. The highest BCUT2D eigenvalue weighted by molar-refractivity contribution is 7.22. The van der Waals surface area contributed by atoms with Gasteiger partial charge >= 0.3 is 0 Å². The Bertz CT molecular complexity index is 1850. The van der Waals surface area contributed by atoms with Gasteiger partial charge in [-0.25, -0.2) is 14.4 Å². The van der Waals surface area contributed by atoms with Crippen LogP contribution in [0.25, 0.3) is 32.2 Å². The third-order valence-electron chi connectivity index (χ3n) is 7.25. The summed E-state index contributed by atoms with van der Waals surface area (Å²) in [7, 11) is 4.13. The molecule has 0 saturated carbocycles. The molecule has 1 N–H and O–H groups in total. The molecule has 6 rings (SSSR count). The van der Waals surface area contributed by atoms with Gasteiger partial charge in [0.1, 0.15) is 11.6 Å². The molecular weight excluding hydrogens is 545 g/mol. The van der Waals surface area contributed by atoms with E-state index in [4.69, 9.17) is 9.97 Å². The first-order valence-corrected chi connectivity index (χ1v) is 14.6. The van der Waals surface area contributed by atoms with Crippen molar-refractivity contribution >= 4 is 55.0 Å². The number of amides is 1. The molecule has 0 radical (unpaired) electrons. The number of hydrogen-bond acceptors (Lipinski definition) is 6. The monoisotopic (exact) mass is 575 g/mol. The number of thiazole rings is 1. The largest absolute Gasteiger partial charge is 0.360 e. The van der Waals surface area contributed by atoms with E-state index in [1.54, 1.807) is 35.6 Å². The molecule has 4 aromatic carbocycles. The van der Waals surface area contributed by atoms with Crippen molar-refractivity contribution in [1.29, 1.82) is 0 Å². The second kappa shape index (κ2) is 12.0. The molecular formula is C34H30FN5OS. The number of pyridine rings is 1. The number of para-hydroxylation sites is 1. The first-order valence-electron chi connectivity index (χ1n) is 13.8. The van der Waals surface area contributed by atoms with Crippen LogP contribution in [-0.4, -0.2) is 43.1 Å². The van der Waals surface area contributed by atoms with Gasteiger partial charge in [-0.15, -0.1) is 0 Å². The van der Waals surface area contributed by atoms with Crippen molar-refractivity contribution in [2.75, 3.05) is 42.3 Å². The highest BCUT2D eigenvalue weighted by Gasteiger charge is 2.12. The second-order valence-electron chi connectivity index (χ2n) is 10.3. The minimum atomic E-state index is -0.273. The lowest BCUT2D eigenvalue weighted by atomic mass is 10.0. The molecule has 2 aromatic heterocycles. The summed E-state index contributed by atoms with van der Waals surface area (Å²) in [6.45, 7) is 1.73. The van der Waals surface area contributed by atoms with Crippen LogP contribution in [0.3, 0.4) is 0 Å². The average Bonchev–Trinajstić information content (AvgIpc) is 3.45. The molecule has 1 amide bonds. The maximum absolute atomic E-state index is 13.2. The third-order valence-corrected chi connectivity index (χ3v) is 8.38. The van der Waals surface area contributed by atoms with Crippen molar-refractivity contribution in [2.24, 2.45) is 0 Å². The predicted octanol–water partition coefficient (Wildman–Crippen LogP) is 7.87. The minimum absolute atomic E-state index is 0.188. The lowest BCUT2D eigenvalue weighted by molar-refractivity contribution is 0.102. The number of nitrogens with one attached hydrogen (secondary N) is 1. The van der Waals surface area contributed by atoms with Gasteiger partial charge in [0.15, 0.2) is 5.13 Å². The zero-order valence-electron chi connectivity index (χ0n) is 23.4. The Morgan fingerprint density at radius 1 is 0.786 bits per heavy atom. The van der Waals surface area contributed by atoms with Crippen LogP contribution in [0.15, 0.2) is 103 Å². The van der Waals surface area contributed by atoms with Crippen molar-refractivity contribution in [3.63, 3.8) is 0 Å². The summed E-state index contributed by atoms with van der Waals surface area (Å²) >= 11 is 1.61. The molecule has 0 aliphatic heterocycles. The van der Waals surface area contributed by atoms with Crippen LogP contribution in [0.5, 0.6) is 0 Å². The molecule has 6 aromatic rings. The lowest BCUT2D eigenvalue weighted by Gasteiger charge is -2.21. The summed E-state index contributed by atoms with van der Waals surface area (Å²) in [4.78, 5) is 26.9. The molecule has 0 atom stereocenters. The number of carbonyl (C=O) groups excluding carboxylic acids is 1. The summed E-state index contributed by atoms with van der Waals surface area (Å²) in [5.41, 5.74) is 5.00. The summed E-state index contributed by atoms with van der Waals surface area (Å²) in [5, 5.41) is 5.08. The quantitative estimate of drug-likeness (QED) is 0.190. The fourth-order valence-electron chi connectivity index (χ4n) is 4.84. The van der Waals surface area contributed by atoms with Crippen molar-refractivity contribution in [2.45, 2.75) is 6.42 Å². The van der Waals surface area contributed by atoms with E-state index < -0.39 is 0 Å². The average molecular weight is 576 g/mol. The van der Waals surface area contributed by atoms with Crippen molar-refractivity contribution in [1.82, 2.24) is 9.97 Å². The molecule has 0 bridgehead atoms. The van der Waals surface area contributed by atoms with Crippen LogP contribution in [0.4, 0.5) is 21.0 Å². The topological polar surface area (TPSA) is 61.4 Å². The molecule has 8 heteroatoms. The van der Waals surface area contributed by atoms with Crippen LogP contribution in [0.1, 0.15) is 16.8 Å². The Morgan fingerprint density at radius 3 is 2.29 bits per heavy atom. The summed E-state index contributed by atoms with van der Waals surface area (Å²) in [5.74, 6) is 0.506. The van der Waals surface area contributed by atoms with Crippen LogP contribution in [0.2, 0.25) is 0 Å². The number of carbonyl (C=O) groups is 1. The van der Waals surface area contributed by atoms with Gasteiger partial charge in [-0.2, -0.15) is 0 Å². The number of rotatable bonds is 9. The van der Waals surface area contributed by atoms with Gasteiger partial charge < -0.3 is 15.1 Å². The van der Waals surface area contributed by atoms with Crippen LogP contribution < -0.4 is 15.1 Å². The summed E-state index contributed by atoms with van der Waals surface area (Å²) in [6.07, 6.45) is 0.957. The van der Waals surface area contributed by atoms with Crippen molar-refractivity contribution in [3.05, 3.63) is 115 Å². The second-order valence-corrected chi connectivity index (χ2v) is 11.3. The molecule has 6 nitrogen and oxygen atoms in total. The Morgan fingerprint density at radius 2 is 1.50 bits per heavy atom. The minimum Gasteiger partial charge on any atom is -0.360 e. The Balaban J connectivity index is 1.05. The van der Waals surface area contributed by atoms with E-state index in [0.717, 1.165) is 68.4 Å². The maximum Gasteiger partial charge on any atom is 0.255 e. The third kappa shape index (κ3) is 6.09. The number of benzene rings is 4. The molecule has 0 unspecified atom stereocenters. The van der Waals surface area contributed by atoms with Gasteiger partial charge in [0, 0.05) is 43.8 Å². The molecule has 0 aliphatic rings. The van der Waals surface area contributed by atoms with Crippen molar-refractivity contribution < 1.29 is 9.18 Å². The first kappa shape index (κ1) is 27.4. The Labute approximate surface area is 248 Å². The number of nitrogens with zero attached hydrogens (tertiary/aromatic N) is 4. The molecule has 0 spiro atoms. The Hall–Kier alpha value is -4.82. The van der Waals surface area contributed by atoms with E-state index >= 15 is 0 Å². The van der Waals surface area contributed by atoms with Crippen molar-refractivity contribution in [3.8, 4) is 11.1 Å². The van der Waals surface area contributed by atoms with Crippen LogP contribution in [-0.2, 0) is 0 Å². The zero-order chi connectivity index (χ0) is 29.1. The normalized spacial score (nSPS) is 11.1. The van der Waals surface area contributed by atoms with Gasteiger partial charge in [0.25, 0.3) is 5.91 Å². The van der Waals surface area contributed by atoms with Gasteiger partial charge in [-0.1, -0.05) is 53.8 Å². The van der Waals surface area contributed by atoms with Crippen LogP contribution in [0, 0.1) is 5.82 Å². The molecule has 210 valence electrons. The number of aromatic nitrogens is 2. The first-order chi connectivity index (χ1) is 20.4. The van der Waals surface area contributed by atoms with Gasteiger partial charge in [-0.05, 0) is 78.2 Å². The molecule has 2 heterocycles. The van der Waals surface area contributed by atoms with E-state index in [0.29, 0.717) is 5.56 Å². The lowest BCUT2D eigenvalue weighted by Crippen LogP contribution is -2.25. The number of hydrogen-bond donors (Lipinski definition) is 1. The molecule has 42 heavy (non-hydrogen) atoms. The van der Waals surface area contributed by atoms with Gasteiger partial charge in [-0.3, -0.25) is 4.79 Å². The van der Waals surface area contributed by atoms with Gasteiger partial charge in [0.2, 0.25) is 0 Å². The number of halogens is 1. The SMILES string of the molecule is CN(CCCN(C)c1nc2ccc(NC(=O)c3ccc(-c4ccc(F)cc4)cc3)cc2s1)c1ccc2ccccc2n1. The van der Waals surface area contributed by atoms with Crippen LogP contribution >= 0.6 is 11.3 Å². The molecule has 0 fully saturated rings. The fraction of sp³-hybridized carbons (Fsp3) is 0.147. The predicted molar refractivity (Wildman–Crippen MR) is 172 cm³/mol. The highest BCUT2D eigenvalue weighted by atomic mass is 32.1. The van der Waals surface area contributed by atoms with E-state index in [1.165, 1.54) is 12.1 Å². The highest BCUT2D eigenvalue weighted by Crippen LogP contribution is 2.31.